The molecular weight excluding hydrogens is 440 g/mol. The van der Waals surface area contributed by atoms with E-state index in [4.69, 9.17) is 9.68 Å². The highest BCUT2D eigenvalue weighted by molar-refractivity contribution is 6.02. The lowest BCUT2D eigenvalue weighted by molar-refractivity contribution is -0.197. The van der Waals surface area contributed by atoms with Gasteiger partial charge in [-0.15, -0.1) is 10.1 Å². The van der Waals surface area contributed by atoms with E-state index in [0.29, 0.717) is 35.8 Å². The molecule has 0 bridgehead atoms. The van der Waals surface area contributed by atoms with Crippen molar-refractivity contribution in [2.75, 3.05) is 0 Å². The number of imide groups is 2. The average Bonchev–Trinajstić information content (AvgIpc) is 3.24. The van der Waals surface area contributed by atoms with Gasteiger partial charge in [-0.05, 0) is 25.7 Å². The summed E-state index contributed by atoms with van der Waals surface area (Å²) in [6, 6.07) is 0. The van der Waals surface area contributed by atoms with Gasteiger partial charge < -0.3 is 9.68 Å². The molecule has 2 heterocycles. The Hall–Kier alpha value is -3.44. The van der Waals surface area contributed by atoms with Crippen molar-refractivity contribution >= 4 is 47.1 Å². The minimum atomic E-state index is -0.737. The number of Topliss-reactive ketones (excluding diaryl/α,β-unsaturated/α-hetero) is 2. The molecule has 0 aliphatic carbocycles. The Kier molecular flexibility index (Phi) is 9.83. The Morgan fingerprint density at radius 1 is 0.545 bits per heavy atom. The van der Waals surface area contributed by atoms with E-state index in [1.54, 1.807) is 0 Å². The molecule has 0 saturated carbocycles. The highest BCUT2D eigenvalue weighted by atomic mass is 16.7. The number of unbranched alkanes of at least 4 members (excludes halogenated alkanes) is 2. The molecule has 12 heteroatoms. The van der Waals surface area contributed by atoms with Crippen LogP contribution in [0.5, 0.6) is 0 Å². The van der Waals surface area contributed by atoms with Crippen LogP contribution in [0.25, 0.3) is 0 Å². The third-order valence-electron chi connectivity index (χ3n) is 4.97. The van der Waals surface area contributed by atoms with Crippen LogP contribution in [0.1, 0.15) is 83.5 Å². The summed E-state index contributed by atoms with van der Waals surface area (Å²) in [5, 5.41) is 0.939. The van der Waals surface area contributed by atoms with Gasteiger partial charge in [-0.25, -0.2) is 9.59 Å². The minimum Gasteiger partial charge on any atom is -0.330 e. The largest absolute Gasteiger partial charge is 0.333 e. The second kappa shape index (κ2) is 12.6. The summed E-state index contributed by atoms with van der Waals surface area (Å²) in [4.78, 5) is 102. The Bertz CT molecular complexity index is 750. The molecule has 2 saturated heterocycles. The zero-order chi connectivity index (χ0) is 24.4. The molecule has 0 radical (unpaired) electrons. The molecule has 33 heavy (non-hydrogen) atoms. The Labute approximate surface area is 189 Å². The van der Waals surface area contributed by atoms with Crippen LogP contribution in [0.4, 0.5) is 0 Å². The standard InChI is InChI=1S/C21H26N2O10/c24-14(5-1-3-7-20(30)32-22-16(26)9-10-17(22)27)13-15(25)6-2-4-8-21(31)33-23-18(28)11-12-19(23)29/h1-13H2. The molecule has 2 fully saturated rings. The lowest BCUT2D eigenvalue weighted by Crippen LogP contribution is -2.31. The Morgan fingerprint density at radius 2 is 0.848 bits per heavy atom. The van der Waals surface area contributed by atoms with Crippen LogP contribution in [0.2, 0.25) is 0 Å². The van der Waals surface area contributed by atoms with Crippen LogP contribution < -0.4 is 0 Å². The summed E-state index contributed by atoms with van der Waals surface area (Å²) in [5.41, 5.74) is 0. The molecule has 2 aliphatic rings. The molecule has 4 amide bonds. The summed E-state index contributed by atoms with van der Waals surface area (Å²) in [7, 11) is 0. The molecule has 0 aromatic rings. The van der Waals surface area contributed by atoms with Gasteiger partial charge in [-0.2, -0.15) is 0 Å². The number of hydroxylamine groups is 4. The third-order valence-corrected chi connectivity index (χ3v) is 4.97. The van der Waals surface area contributed by atoms with Gasteiger partial charge in [0, 0.05) is 51.4 Å². The Morgan fingerprint density at radius 3 is 1.18 bits per heavy atom. The maximum absolute atomic E-state index is 11.9. The molecular formula is C21H26N2O10. The molecule has 180 valence electrons. The maximum Gasteiger partial charge on any atom is 0.333 e. The van der Waals surface area contributed by atoms with Crippen LogP contribution in [0.15, 0.2) is 0 Å². The van der Waals surface area contributed by atoms with Gasteiger partial charge in [0.05, 0.1) is 6.42 Å². The van der Waals surface area contributed by atoms with Crippen molar-refractivity contribution in [1.29, 1.82) is 0 Å². The normalized spacial score (nSPS) is 15.9. The predicted octanol–water partition coefficient (Wildman–Crippen LogP) is 0.850. The molecule has 2 rings (SSSR count). The fourth-order valence-corrected chi connectivity index (χ4v) is 3.19. The first-order chi connectivity index (χ1) is 15.7. The van der Waals surface area contributed by atoms with Gasteiger partial charge in [-0.1, -0.05) is 0 Å². The predicted molar refractivity (Wildman–Crippen MR) is 106 cm³/mol. The van der Waals surface area contributed by atoms with Gasteiger partial charge in [-0.3, -0.25) is 28.8 Å². The SMILES string of the molecule is O=C(CCCCC(=O)ON1C(=O)CCC1=O)CC(=O)CCCCC(=O)ON1C(=O)CCC1=O. The number of hydrogen-bond acceptors (Lipinski definition) is 10. The second-order valence-electron chi connectivity index (χ2n) is 7.76. The van der Waals surface area contributed by atoms with E-state index in [1.807, 2.05) is 0 Å². The highest BCUT2D eigenvalue weighted by Crippen LogP contribution is 2.15. The third kappa shape index (κ3) is 8.54. The smallest absolute Gasteiger partial charge is 0.330 e. The molecule has 0 unspecified atom stereocenters. The molecule has 2 aliphatic heterocycles. The van der Waals surface area contributed by atoms with E-state index in [0.717, 1.165) is 0 Å². The Balaban J connectivity index is 1.50. The first-order valence-corrected chi connectivity index (χ1v) is 10.8. The summed E-state index contributed by atoms with van der Waals surface area (Å²) >= 11 is 0. The zero-order valence-electron chi connectivity index (χ0n) is 18.2. The van der Waals surface area contributed by atoms with E-state index >= 15 is 0 Å². The molecule has 0 aromatic carbocycles. The zero-order valence-corrected chi connectivity index (χ0v) is 18.2. The quantitative estimate of drug-likeness (QED) is 0.204. The number of nitrogens with zero attached hydrogens (tertiary/aromatic N) is 2. The van der Waals surface area contributed by atoms with Crippen LogP contribution in [-0.2, 0) is 48.0 Å². The van der Waals surface area contributed by atoms with E-state index < -0.39 is 35.6 Å². The van der Waals surface area contributed by atoms with Crippen molar-refractivity contribution in [3.8, 4) is 0 Å². The first-order valence-electron chi connectivity index (χ1n) is 10.8. The van der Waals surface area contributed by atoms with Crippen molar-refractivity contribution in [2.24, 2.45) is 0 Å². The van der Waals surface area contributed by atoms with E-state index in [9.17, 15) is 38.4 Å². The van der Waals surface area contributed by atoms with Gasteiger partial charge in [0.25, 0.3) is 23.6 Å². The average molecular weight is 466 g/mol. The number of carbonyl (C=O) groups excluding carboxylic acids is 8. The number of rotatable bonds is 14. The van der Waals surface area contributed by atoms with Gasteiger partial charge in [0.1, 0.15) is 11.6 Å². The monoisotopic (exact) mass is 466 g/mol. The number of carbonyl (C=O) groups is 8. The van der Waals surface area contributed by atoms with Crippen molar-refractivity contribution in [2.45, 2.75) is 83.5 Å². The lowest BCUT2D eigenvalue weighted by atomic mass is 10.0. The number of ketones is 2. The van der Waals surface area contributed by atoms with E-state index in [-0.39, 0.29) is 69.4 Å². The van der Waals surface area contributed by atoms with Gasteiger partial charge >= 0.3 is 11.9 Å². The number of amides is 4. The molecule has 0 spiro atoms. The molecule has 0 atom stereocenters. The maximum atomic E-state index is 11.9. The van der Waals surface area contributed by atoms with Gasteiger partial charge in [0.2, 0.25) is 0 Å². The molecule has 12 nitrogen and oxygen atoms in total. The van der Waals surface area contributed by atoms with Crippen LogP contribution >= 0.6 is 0 Å². The van der Waals surface area contributed by atoms with Crippen LogP contribution in [0, 0.1) is 0 Å². The topological polar surface area (TPSA) is 161 Å². The minimum absolute atomic E-state index is 0.0132. The van der Waals surface area contributed by atoms with Crippen molar-refractivity contribution in [3.05, 3.63) is 0 Å². The van der Waals surface area contributed by atoms with Crippen LogP contribution in [0.3, 0.4) is 0 Å². The lowest BCUT2D eigenvalue weighted by Gasteiger charge is -2.12. The first kappa shape index (κ1) is 25.8. The highest BCUT2D eigenvalue weighted by Gasteiger charge is 2.33. The second-order valence-corrected chi connectivity index (χ2v) is 7.76. The molecule has 0 aromatic heterocycles. The summed E-state index contributed by atoms with van der Waals surface area (Å²) in [6.45, 7) is 0. The van der Waals surface area contributed by atoms with Crippen molar-refractivity contribution in [3.63, 3.8) is 0 Å². The number of hydrogen-bond donors (Lipinski definition) is 0. The fourth-order valence-electron chi connectivity index (χ4n) is 3.19. The summed E-state index contributed by atoms with van der Waals surface area (Å²) in [6.07, 6.45) is 1.19. The van der Waals surface area contributed by atoms with Gasteiger partial charge in [0.15, 0.2) is 0 Å². The summed E-state index contributed by atoms with van der Waals surface area (Å²) in [5.74, 6) is -4.26. The summed E-state index contributed by atoms with van der Waals surface area (Å²) < 4.78 is 0. The van der Waals surface area contributed by atoms with Crippen molar-refractivity contribution < 1.29 is 48.0 Å². The van der Waals surface area contributed by atoms with Crippen molar-refractivity contribution in [1.82, 2.24) is 10.1 Å². The van der Waals surface area contributed by atoms with E-state index in [1.165, 1.54) is 0 Å². The fraction of sp³-hybridized carbons (Fsp3) is 0.619. The molecule has 0 N–H and O–H groups in total. The van der Waals surface area contributed by atoms with Crippen LogP contribution in [-0.4, -0.2) is 57.3 Å². The van der Waals surface area contributed by atoms with E-state index in [2.05, 4.69) is 0 Å².